The summed E-state index contributed by atoms with van der Waals surface area (Å²) < 4.78 is 14.8. The molecule has 0 unspecified atom stereocenters. The Bertz CT molecular complexity index is 431. The van der Waals surface area contributed by atoms with Gasteiger partial charge in [0.15, 0.2) is 0 Å². The second kappa shape index (κ2) is 2.24. The summed E-state index contributed by atoms with van der Waals surface area (Å²) in [5, 5.41) is 0.775. The minimum atomic E-state index is -0.353. The Labute approximate surface area is 69.4 Å². The van der Waals surface area contributed by atoms with Crippen LogP contribution in [0.2, 0.25) is 0 Å². The fourth-order valence-corrected chi connectivity index (χ4v) is 1.35. The van der Waals surface area contributed by atoms with Crippen molar-refractivity contribution in [3.8, 4) is 0 Å². The summed E-state index contributed by atoms with van der Waals surface area (Å²) in [6.07, 6.45) is 1.86. The molecule has 0 bridgehead atoms. The van der Waals surface area contributed by atoms with E-state index in [-0.39, 0.29) is 11.5 Å². The summed E-state index contributed by atoms with van der Waals surface area (Å²) in [5.41, 5.74) is 6.73. The molecule has 2 nitrogen and oxygen atoms in total. The van der Waals surface area contributed by atoms with Crippen molar-refractivity contribution in [3.63, 3.8) is 0 Å². The lowest BCUT2D eigenvalue weighted by atomic mass is 10.2. The van der Waals surface area contributed by atoms with Crippen LogP contribution in [0, 0.1) is 5.82 Å². The first-order chi connectivity index (χ1) is 5.70. The van der Waals surface area contributed by atoms with E-state index >= 15 is 0 Å². The maximum Gasteiger partial charge on any atom is 0.146 e. The highest BCUT2D eigenvalue weighted by molar-refractivity contribution is 5.91. The number of benzene rings is 1. The third-order valence-electron chi connectivity index (χ3n) is 2.06. The first-order valence-electron chi connectivity index (χ1n) is 3.69. The lowest BCUT2D eigenvalue weighted by Crippen LogP contribution is -1.91. The van der Waals surface area contributed by atoms with E-state index in [0.29, 0.717) is 0 Å². The van der Waals surface area contributed by atoms with Crippen LogP contribution in [-0.4, -0.2) is 4.57 Å². The Morgan fingerprint density at radius 1 is 1.33 bits per heavy atom. The second-order valence-electron chi connectivity index (χ2n) is 2.82. The molecule has 0 atom stereocenters. The van der Waals surface area contributed by atoms with Gasteiger partial charge in [0.05, 0.1) is 11.2 Å². The number of rotatable bonds is 0. The van der Waals surface area contributed by atoms with Gasteiger partial charge in [-0.15, -0.1) is 0 Å². The minimum Gasteiger partial charge on any atom is -0.396 e. The zero-order chi connectivity index (χ0) is 8.72. The van der Waals surface area contributed by atoms with Crippen molar-refractivity contribution in [1.29, 1.82) is 0 Å². The smallest absolute Gasteiger partial charge is 0.146 e. The third kappa shape index (κ3) is 0.794. The first-order valence-corrected chi connectivity index (χ1v) is 3.69. The summed E-state index contributed by atoms with van der Waals surface area (Å²) in [6, 6.07) is 4.92. The number of hydrogen-bond acceptors (Lipinski definition) is 1. The largest absolute Gasteiger partial charge is 0.396 e. The van der Waals surface area contributed by atoms with Crippen LogP contribution in [0.3, 0.4) is 0 Å². The van der Waals surface area contributed by atoms with Gasteiger partial charge in [0.1, 0.15) is 5.82 Å². The molecule has 0 aliphatic heterocycles. The van der Waals surface area contributed by atoms with Crippen molar-refractivity contribution in [3.05, 3.63) is 30.2 Å². The molecule has 0 radical (unpaired) electrons. The lowest BCUT2D eigenvalue weighted by Gasteiger charge is -1.99. The Balaban J connectivity index is 2.93. The van der Waals surface area contributed by atoms with Gasteiger partial charge in [0.25, 0.3) is 0 Å². The SMILES string of the molecule is Cn1ccc2c(N)c(F)ccc21. The van der Waals surface area contributed by atoms with Gasteiger partial charge < -0.3 is 10.3 Å². The van der Waals surface area contributed by atoms with Crippen LogP contribution in [-0.2, 0) is 7.05 Å². The predicted molar refractivity (Wildman–Crippen MR) is 47.3 cm³/mol. The number of anilines is 1. The number of aromatic nitrogens is 1. The van der Waals surface area contributed by atoms with E-state index in [4.69, 9.17) is 5.73 Å². The van der Waals surface area contributed by atoms with Crippen molar-refractivity contribution < 1.29 is 4.39 Å². The third-order valence-corrected chi connectivity index (χ3v) is 2.06. The highest BCUT2D eigenvalue weighted by atomic mass is 19.1. The number of fused-ring (bicyclic) bond motifs is 1. The molecule has 3 heteroatoms. The average Bonchev–Trinajstić information content (AvgIpc) is 2.41. The van der Waals surface area contributed by atoms with Crippen LogP contribution >= 0.6 is 0 Å². The molecule has 62 valence electrons. The van der Waals surface area contributed by atoms with Crippen molar-refractivity contribution in [1.82, 2.24) is 4.57 Å². The van der Waals surface area contributed by atoms with E-state index in [1.54, 1.807) is 6.07 Å². The van der Waals surface area contributed by atoms with E-state index in [0.717, 1.165) is 10.9 Å². The normalized spacial score (nSPS) is 10.8. The van der Waals surface area contributed by atoms with Crippen LogP contribution in [0.25, 0.3) is 10.9 Å². The fourth-order valence-electron chi connectivity index (χ4n) is 1.35. The number of hydrogen-bond donors (Lipinski definition) is 1. The van der Waals surface area contributed by atoms with Gasteiger partial charge in [-0.3, -0.25) is 0 Å². The summed E-state index contributed by atoms with van der Waals surface area (Å²) >= 11 is 0. The van der Waals surface area contributed by atoms with E-state index < -0.39 is 0 Å². The number of halogens is 1. The molecule has 0 saturated heterocycles. The second-order valence-corrected chi connectivity index (χ2v) is 2.82. The van der Waals surface area contributed by atoms with Crippen molar-refractivity contribution >= 4 is 16.6 Å². The summed E-state index contributed by atoms with van der Waals surface area (Å²) in [5.74, 6) is -0.353. The molecule has 0 aliphatic rings. The molecular formula is C9H9FN2. The summed E-state index contributed by atoms with van der Waals surface area (Å²) in [4.78, 5) is 0. The molecule has 2 aromatic rings. The molecule has 12 heavy (non-hydrogen) atoms. The molecule has 2 N–H and O–H groups in total. The number of aryl methyl sites for hydroxylation is 1. The van der Waals surface area contributed by atoms with Crippen LogP contribution in [0.1, 0.15) is 0 Å². The van der Waals surface area contributed by atoms with Crippen molar-refractivity contribution in [2.75, 3.05) is 5.73 Å². The molecule has 1 aromatic heterocycles. The maximum absolute atomic E-state index is 12.9. The maximum atomic E-state index is 12.9. The number of nitrogens with two attached hydrogens (primary N) is 1. The van der Waals surface area contributed by atoms with Gasteiger partial charge in [-0.05, 0) is 18.2 Å². The quantitative estimate of drug-likeness (QED) is 0.592. The highest BCUT2D eigenvalue weighted by Gasteiger charge is 2.05. The zero-order valence-electron chi connectivity index (χ0n) is 6.71. The molecule has 0 aliphatic carbocycles. The first kappa shape index (κ1) is 7.16. The van der Waals surface area contributed by atoms with Crippen molar-refractivity contribution in [2.24, 2.45) is 7.05 Å². The minimum absolute atomic E-state index is 0.230. The molecule has 2 rings (SSSR count). The van der Waals surface area contributed by atoms with Crippen LogP contribution in [0.4, 0.5) is 10.1 Å². The molecule has 1 aromatic carbocycles. The molecule has 1 heterocycles. The van der Waals surface area contributed by atoms with Gasteiger partial charge in [-0.25, -0.2) is 4.39 Å². The Morgan fingerprint density at radius 3 is 2.83 bits per heavy atom. The number of nitrogen functional groups attached to an aromatic ring is 1. The lowest BCUT2D eigenvalue weighted by molar-refractivity contribution is 0.634. The standard InChI is InChI=1S/C9H9FN2/c1-12-5-4-6-8(12)3-2-7(10)9(6)11/h2-5H,11H2,1H3. The molecule has 0 fully saturated rings. The Morgan fingerprint density at radius 2 is 2.08 bits per heavy atom. The highest BCUT2D eigenvalue weighted by Crippen LogP contribution is 2.23. The van der Waals surface area contributed by atoms with Gasteiger partial charge in [-0.1, -0.05) is 0 Å². The average molecular weight is 164 g/mol. The molecule has 0 saturated carbocycles. The summed E-state index contributed by atoms with van der Waals surface area (Å²) in [7, 11) is 1.90. The predicted octanol–water partition coefficient (Wildman–Crippen LogP) is 1.90. The van der Waals surface area contributed by atoms with Gasteiger partial charge in [0, 0.05) is 18.6 Å². The van der Waals surface area contributed by atoms with E-state index in [9.17, 15) is 4.39 Å². The van der Waals surface area contributed by atoms with Crippen LogP contribution in [0.5, 0.6) is 0 Å². The monoisotopic (exact) mass is 164 g/mol. The van der Waals surface area contributed by atoms with Crippen LogP contribution < -0.4 is 5.73 Å². The molecule has 0 amide bonds. The summed E-state index contributed by atoms with van der Waals surface area (Å²) in [6.45, 7) is 0. The topological polar surface area (TPSA) is 30.9 Å². The van der Waals surface area contributed by atoms with Gasteiger partial charge in [0.2, 0.25) is 0 Å². The van der Waals surface area contributed by atoms with E-state index in [1.165, 1.54) is 6.07 Å². The molecular weight excluding hydrogens is 155 g/mol. The number of nitrogens with zero attached hydrogens (tertiary/aromatic N) is 1. The van der Waals surface area contributed by atoms with Gasteiger partial charge in [-0.2, -0.15) is 0 Å². The van der Waals surface area contributed by atoms with Crippen LogP contribution in [0.15, 0.2) is 24.4 Å². The van der Waals surface area contributed by atoms with E-state index in [2.05, 4.69) is 0 Å². The Hall–Kier alpha value is -1.51. The van der Waals surface area contributed by atoms with Gasteiger partial charge >= 0.3 is 0 Å². The zero-order valence-corrected chi connectivity index (χ0v) is 6.71. The van der Waals surface area contributed by atoms with E-state index in [1.807, 2.05) is 23.9 Å². The molecule has 0 spiro atoms. The van der Waals surface area contributed by atoms with Crippen molar-refractivity contribution in [2.45, 2.75) is 0 Å². The Kier molecular flexibility index (Phi) is 1.33. The fraction of sp³-hybridized carbons (Fsp3) is 0.111.